The molecule has 2 saturated heterocycles. The number of rotatable bonds is 2. The second-order valence-corrected chi connectivity index (χ2v) is 6.58. The molecule has 2 aromatic heterocycles. The third kappa shape index (κ3) is 2.44. The van der Waals surface area contributed by atoms with E-state index in [-0.39, 0.29) is 0 Å². The zero-order chi connectivity index (χ0) is 14.2. The molecule has 0 spiro atoms. The minimum absolute atomic E-state index is 0.528. The molecule has 4 heterocycles. The number of nitrogens with one attached hydrogen (secondary N) is 2. The highest BCUT2D eigenvalue weighted by molar-refractivity contribution is 9.10. The monoisotopic (exact) mass is 348 g/mol. The van der Waals surface area contributed by atoms with Crippen LogP contribution in [0.25, 0.3) is 11.5 Å². The first-order valence-electron chi connectivity index (χ1n) is 7.33. The van der Waals surface area contributed by atoms with E-state index in [1.165, 1.54) is 12.8 Å². The Morgan fingerprint density at radius 3 is 3.10 bits per heavy atom. The van der Waals surface area contributed by atoms with E-state index in [1.54, 1.807) is 6.20 Å². The Hall–Kier alpha value is -1.47. The lowest BCUT2D eigenvalue weighted by molar-refractivity contribution is 0.381. The van der Waals surface area contributed by atoms with Gasteiger partial charge in [0.15, 0.2) is 5.82 Å². The van der Waals surface area contributed by atoms with Crippen LogP contribution in [0.3, 0.4) is 0 Å². The lowest BCUT2D eigenvalue weighted by Gasteiger charge is -2.36. The third-order valence-electron chi connectivity index (χ3n) is 4.38. The Morgan fingerprint density at radius 2 is 2.24 bits per heavy atom. The molecule has 2 atom stereocenters. The maximum absolute atomic E-state index is 4.65. The number of halogens is 1. The van der Waals surface area contributed by atoms with Gasteiger partial charge in [-0.25, -0.2) is 0 Å². The van der Waals surface area contributed by atoms with Gasteiger partial charge in [0.05, 0.1) is 0 Å². The standard InChI is InChI=1S/C14H17BrN6/c15-10-3-4-11(17-7-10)13-18-14(20-19-13)21-5-1-2-9-6-16-8-12(9)21/h3-4,7,9,12,16H,1-2,5-6,8H2,(H,18,19,20). The minimum atomic E-state index is 0.528. The summed E-state index contributed by atoms with van der Waals surface area (Å²) in [4.78, 5) is 11.4. The molecule has 0 radical (unpaired) electrons. The largest absolute Gasteiger partial charge is 0.335 e. The van der Waals surface area contributed by atoms with Crippen molar-refractivity contribution in [1.29, 1.82) is 0 Å². The van der Waals surface area contributed by atoms with Gasteiger partial charge in [-0.3, -0.25) is 10.1 Å². The molecule has 6 nitrogen and oxygen atoms in total. The van der Waals surface area contributed by atoms with Crippen molar-refractivity contribution in [1.82, 2.24) is 25.5 Å². The molecule has 0 aliphatic carbocycles. The molecule has 2 unspecified atom stereocenters. The normalized spacial score (nSPS) is 25.1. The summed E-state index contributed by atoms with van der Waals surface area (Å²) in [5.41, 5.74) is 0.815. The fourth-order valence-corrected chi connectivity index (χ4v) is 3.56. The number of pyridine rings is 1. The van der Waals surface area contributed by atoms with E-state index in [1.807, 2.05) is 12.1 Å². The number of anilines is 1. The molecule has 2 fully saturated rings. The summed E-state index contributed by atoms with van der Waals surface area (Å²) in [5, 5.41) is 10.9. The highest BCUT2D eigenvalue weighted by atomic mass is 79.9. The smallest absolute Gasteiger partial charge is 0.245 e. The van der Waals surface area contributed by atoms with E-state index < -0.39 is 0 Å². The van der Waals surface area contributed by atoms with E-state index in [0.717, 1.165) is 47.5 Å². The topological polar surface area (TPSA) is 69.7 Å². The van der Waals surface area contributed by atoms with E-state index in [0.29, 0.717) is 6.04 Å². The van der Waals surface area contributed by atoms with Crippen molar-refractivity contribution in [3.63, 3.8) is 0 Å². The maximum atomic E-state index is 4.65. The van der Waals surface area contributed by atoms with Crippen LogP contribution in [0.4, 0.5) is 5.95 Å². The number of aromatic nitrogens is 4. The van der Waals surface area contributed by atoms with Gasteiger partial charge in [0.1, 0.15) is 5.69 Å². The Labute approximate surface area is 131 Å². The first-order chi connectivity index (χ1) is 10.3. The van der Waals surface area contributed by atoms with Crippen molar-refractivity contribution < 1.29 is 0 Å². The Balaban J connectivity index is 1.60. The van der Waals surface area contributed by atoms with Gasteiger partial charge in [-0.15, -0.1) is 5.10 Å². The lowest BCUT2D eigenvalue weighted by atomic mass is 9.92. The maximum Gasteiger partial charge on any atom is 0.245 e. The number of H-pyrrole nitrogens is 1. The summed E-state index contributed by atoms with van der Waals surface area (Å²) in [6, 6.07) is 4.42. The summed E-state index contributed by atoms with van der Waals surface area (Å²) < 4.78 is 0.960. The van der Waals surface area contributed by atoms with Crippen molar-refractivity contribution in [3.8, 4) is 11.5 Å². The Bertz CT molecular complexity index is 625. The summed E-state index contributed by atoms with van der Waals surface area (Å²) >= 11 is 3.39. The first-order valence-corrected chi connectivity index (χ1v) is 8.12. The second-order valence-electron chi connectivity index (χ2n) is 5.67. The highest BCUT2D eigenvalue weighted by Gasteiger charge is 2.36. The van der Waals surface area contributed by atoms with Crippen LogP contribution in [0.5, 0.6) is 0 Å². The van der Waals surface area contributed by atoms with E-state index >= 15 is 0 Å². The molecule has 2 aliphatic rings. The average Bonchev–Trinajstić information content (AvgIpc) is 3.16. The second kappa shape index (κ2) is 5.38. The van der Waals surface area contributed by atoms with Gasteiger partial charge in [0, 0.05) is 36.3 Å². The van der Waals surface area contributed by atoms with Crippen LogP contribution in [0.1, 0.15) is 12.8 Å². The molecular weight excluding hydrogens is 332 g/mol. The van der Waals surface area contributed by atoms with Crippen LogP contribution >= 0.6 is 15.9 Å². The predicted octanol–water partition coefficient (Wildman–Crippen LogP) is 1.82. The van der Waals surface area contributed by atoms with E-state index in [2.05, 4.69) is 46.3 Å². The summed E-state index contributed by atoms with van der Waals surface area (Å²) in [5.74, 6) is 2.25. The van der Waals surface area contributed by atoms with Gasteiger partial charge in [0.2, 0.25) is 5.95 Å². The summed E-state index contributed by atoms with van der Waals surface area (Å²) in [6.07, 6.45) is 4.29. The molecule has 0 saturated carbocycles. The van der Waals surface area contributed by atoms with Crippen molar-refractivity contribution >= 4 is 21.9 Å². The average molecular weight is 349 g/mol. The van der Waals surface area contributed by atoms with Crippen molar-refractivity contribution in [2.75, 3.05) is 24.5 Å². The summed E-state index contributed by atoms with van der Waals surface area (Å²) in [7, 11) is 0. The zero-order valence-electron chi connectivity index (χ0n) is 11.6. The van der Waals surface area contributed by atoms with Crippen LogP contribution in [0.2, 0.25) is 0 Å². The molecule has 2 aliphatic heterocycles. The Kier molecular flexibility index (Phi) is 3.39. The van der Waals surface area contributed by atoms with Crippen LogP contribution in [-0.4, -0.2) is 45.8 Å². The zero-order valence-corrected chi connectivity index (χ0v) is 13.2. The van der Waals surface area contributed by atoms with Gasteiger partial charge in [0.25, 0.3) is 0 Å². The quantitative estimate of drug-likeness (QED) is 0.866. The van der Waals surface area contributed by atoms with Crippen LogP contribution in [0.15, 0.2) is 22.8 Å². The fraction of sp³-hybridized carbons (Fsp3) is 0.500. The van der Waals surface area contributed by atoms with Crippen LogP contribution in [0, 0.1) is 5.92 Å². The lowest BCUT2D eigenvalue weighted by Crippen LogP contribution is -2.45. The minimum Gasteiger partial charge on any atom is -0.335 e. The molecule has 4 rings (SSSR count). The molecule has 2 N–H and O–H groups in total. The van der Waals surface area contributed by atoms with Crippen LogP contribution < -0.4 is 10.2 Å². The Morgan fingerprint density at radius 1 is 1.29 bits per heavy atom. The van der Waals surface area contributed by atoms with Crippen LogP contribution in [-0.2, 0) is 0 Å². The molecule has 0 amide bonds. The van der Waals surface area contributed by atoms with Gasteiger partial charge in [-0.05, 0) is 46.8 Å². The van der Waals surface area contributed by atoms with E-state index in [4.69, 9.17) is 0 Å². The van der Waals surface area contributed by atoms with Crippen molar-refractivity contribution in [2.24, 2.45) is 5.92 Å². The number of piperidine rings is 1. The number of aromatic amines is 1. The highest BCUT2D eigenvalue weighted by Crippen LogP contribution is 2.29. The molecule has 21 heavy (non-hydrogen) atoms. The number of hydrogen-bond donors (Lipinski definition) is 2. The van der Waals surface area contributed by atoms with Gasteiger partial charge in [-0.1, -0.05) is 0 Å². The first kappa shape index (κ1) is 13.2. The van der Waals surface area contributed by atoms with Crippen molar-refractivity contribution in [3.05, 3.63) is 22.8 Å². The summed E-state index contributed by atoms with van der Waals surface area (Å²) in [6.45, 7) is 3.19. The molecular formula is C14H17BrN6. The number of nitrogens with zero attached hydrogens (tertiary/aromatic N) is 4. The number of fused-ring (bicyclic) bond motifs is 1. The van der Waals surface area contributed by atoms with E-state index in [9.17, 15) is 0 Å². The molecule has 0 aromatic carbocycles. The van der Waals surface area contributed by atoms with Gasteiger partial charge < -0.3 is 10.2 Å². The fourth-order valence-electron chi connectivity index (χ4n) is 3.33. The van der Waals surface area contributed by atoms with Gasteiger partial charge >= 0.3 is 0 Å². The molecule has 7 heteroatoms. The molecule has 0 bridgehead atoms. The van der Waals surface area contributed by atoms with Crippen molar-refractivity contribution in [2.45, 2.75) is 18.9 Å². The predicted molar refractivity (Wildman–Crippen MR) is 84.0 cm³/mol. The SMILES string of the molecule is Brc1ccc(-c2nc(N3CCCC4CNCC43)n[nH]2)nc1. The third-order valence-corrected chi connectivity index (χ3v) is 4.85. The number of hydrogen-bond acceptors (Lipinski definition) is 5. The molecule has 2 aromatic rings. The molecule has 110 valence electrons. The van der Waals surface area contributed by atoms with Gasteiger partial charge in [-0.2, -0.15) is 4.98 Å².